The van der Waals surface area contributed by atoms with Crippen molar-refractivity contribution in [2.75, 3.05) is 13.1 Å². The van der Waals surface area contributed by atoms with Gasteiger partial charge in [-0.05, 0) is 49.5 Å². The van der Waals surface area contributed by atoms with E-state index < -0.39 is 11.9 Å². The molecule has 142 valence electrons. The van der Waals surface area contributed by atoms with E-state index in [4.69, 9.17) is 0 Å². The van der Waals surface area contributed by atoms with Gasteiger partial charge in [-0.2, -0.15) is 0 Å². The van der Waals surface area contributed by atoms with Crippen LogP contribution in [0.5, 0.6) is 0 Å². The second-order valence-electron chi connectivity index (χ2n) is 7.55. The Balaban J connectivity index is 1.46. The second kappa shape index (κ2) is 7.18. The van der Waals surface area contributed by atoms with Gasteiger partial charge in [0, 0.05) is 41.7 Å². The van der Waals surface area contributed by atoms with Gasteiger partial charge in [-0.15, -0.1) is 0 Å². The Morgan fingerprint density at radius 1 is 1.22 bits per heavy atom. The summed E-state index contributed by atoms with van der Waals surface area (Å²) in [4.78, 5) is 29.0. The number of carboxylic acids is 1. The van der Waals surface area contributed by atoms with Crippen molar-refractivity contribution in [3.8, 4) is 0 Å². The standard InChI is InChI=1S/C21H23FN2O3/c22-16-4-5-17-18(12-23-19(17)11-16)13-6-8-24(9-7-13)20(25)14-2-1-3-15(10-14)21(26)27/h4-6,11-12,14-15,23H,1-3,7-10H2,(H,26,27). The molecule has 1 fully saturated rings. The lowest BCUT2D eigenvalue weighted by atomic mass is 9.80. The van der Waals surface area contributed by atoms with Crippen molar-refractivity contribution in [1.82, 2.24) is 9.88 Å². The van der Waals surface area contributed by atoms with E-state index >= 15 is 0 Å². The number of carbonyl (C=O) groups is 2. The Labute approximate surface area is 156 Å². The number of aromatic nitrogens is 1. The Morgan fingerprint density at radius 3 is 2.78 bits per heavy atom. The first kappa shape index (κ1) is 17.8. The molecule has 0 bridgehead atoms. The first-order chi connectivity index (χ1) is 13.0. The quantitative estimate of drug-likeness (QED) is 0.863. The fourth-order valence-corrected chi connectivity index (χ4v) is 4.37. The number of carbonyl (C=O) groups excluding carboxylic acids is 1. The van der Waals surface area contributed by atoms with E-state index in [9.17, 15) is 19.1 Å². The molecule has 2 unspecified atom stereocenters. The first-order valence-corrected chi connectivity index (χ1v) is 9.50. The summed E-state index contributed by atoms with van der Waals surface area (Å²) in [6.07, 6.45) is 7.40. The Morgan fingerprint density at radius 2 is 2.04 bits per heavy atom. The zero-order valence-electron chi connectivity index (χ0n) is 15.1. The van der Waals surface area contributed by atoms with Crippen LogP contribution < -0.4 is 0 Å². The number of rotatable bonds is 3. The normalized spacial score (nSPS) is 23.3. The highest BCUT2D eigenvalue weighted by molar-refractivity contribution is 5.93. The number of halogens is 1. The van der Waals surface area contributed by atoms with E-state index in [1.54, 1.807) is 6.07 Å². The maximum absolute atomic E-state index is 13.4. The molecule has 1 aromatic carbocycles. The number of aliphatic carboxylic acids is 1. The minimum atomic E-state index is -0.788. The van der Waals surface area contributed by atoms with Gasteiger partial charge >= 0.3 is 5.97 Å². The summed E-state index contributed by atoms with van der Waals surface area (Å²) in [6.45, 7) is 1.17. The van der Waals surface area contributed by atoms with Gasteiger partial charge in [0.05, 0.1) is 5.92 Å². The highest BCUT2D eigenvalue weighted by Gasteiger charge is 2.33. The van der Waals surface area contributed by atoms with Gasteiger partial charge in [-0.3, -0.25) is 9.59 Å². The molecular weight excluding hydrogens is 347 g/mol. The Bertz CT molecular complexity index is 917. The van der Waals surface area contributed by atoms with Gasteiger partial charge < -0.3 is 15.0 Å². The molecule has 27 heavy (non-hydrogen) atoms. The lowest BCUT2D eigenvalue weighted by molar-refractivity contribution is -0.145. The highest BCUT2D eigenvalue weighted by atomic mass is 19.1. The van der Waals surface area contributed by atoms with Crippen molar-refractivity contribution < 1.29 is 19.1 Å². The van der Waals surface area contributed by atoms with E-state index in [2.05, 4.69) is 11.1 Å². The van der Waals surface area contributed by atoms with Gasteiger partial charge in [-0.1, -0.05) is 12.5 Å². The molecule has 1 aliphatic heterocycles. The number of aromatic amines is 1. The Hall–Kier alpha value is -2.63. The average molecular weight is 370 g/mol. The molecular formula is C21H23FN2O3. The summed E-state index contributed by atoms with van der Waals surface area (Å²) in [6, 6.07) is 4.73. The maximum Gasteiger partial charge on any atom is 0.306 e. The van der Waals surface area contributed by atoms with Gasteiger partial charge in [0.1, 0.15) is 5.82 Å². The van der Waals surface area contributed by atoms with E-state index in [1.165, 1.54) is 12.1 Å². The van der Waals surface area contributed by atoms with Gasteiger partial charge in [0.25, 0.3) is 0 Å². The molecule has 2 aliphatic rings. The summed E-state index contributed by atoms with van der Waals surface area (Å²) in [5.74, 6) is -1.54. The van der Waals surface area contributed by atoms with Crippen molar-refractivity contribution >= 4 is 28.4 Å². The van der Waals surface area contributed by atoms with Crippen LogP contribution in [-0.2, 0) is 9.59 Å². The largest absolute Gasteiger partial charge is 0.481 e. The van der Waals surface area contributed by atoms with Crippen molar-refractivity contribution in [2.24, 2.45) is 11.8 Å². The molecule has 2 aromatic rings. The highest BCUT2D eigenvalue weighted by Crippen LogP contribution is 2.33. The molecule has 0 saturated heterocycles. The number of benzene rings is 1. The summed E-state index contributed by atoms with van der Waals surface area (Å²) >= 11 is 0. The SMILES string of the molecule is O=C(O)C1CCCC(C(=O)N2CC=C(c3c[nH]c4cc(F)ccc34)CC2)C1. The molecule has 0 radical (unpaired) electrons. The van der Waals surface area contributed by atoms with E-state index in [0.717, 1.165) is 41.3 Å². The number of fused-ring (bicyclic) bond motifs is 1. The van der Waals surface area contributed by atoms with Crippen molar-refractivity contribution in [3.63, 3.8) is 0 Å². The zero-order valence-corrected chi connectivity index (χ0v) is 15.1. The van der Waals surface area contributed by atoms with Crippen LogP contribution >= 0.6 is 0 Å². The van der Waals surface area contributed by atoms with Crippen LogP contribution in [0.15, 0.2) is 30.5 Å². The minimum Gasteiger partial charge on any atom is -0.481 e. The van der Waals surface area contributed by atoms with E-state index in [-0.39, 0.29) is 17.6 Å². The minimum absolute atomic E-state index is 0.0808. The van der Waals surface area contributed by atoms with Crippen LogP contribution in [0.1, 0.15) is 37.7 Å². The lowest BCUT2D eigenvalue weighted by Crippen LogP contribution is -2.41. The summed E-state index contributed by atoms with van der Waals surface area (Å²) in [5, 5.41) is 10.2. The molecule has 2 atom stereocenters. The third kappa shape index (κ3) is 3.48. The Kier molecular flexibility index (Phi) is 4.72. The van der Waals surface area contributed by atoms with Gasteiger partial charge in [0.15, 0.2) is 0 Å². The number of nitrogens with one attached hydrogen (secondary N) is 1. The third-order valence-electron chi connectivity index (χ3n) is 5.88. The number of hydrogen-bond acceptors (Lipinski definition) is 2. The smallest absolute Gasteiger partial charge is 0.306 e. The lowest BCUT2D eigenvalue weighted by Gasteiger charge is -2.33. The molecule has 2 heterocycles. The summed E-state index contributed by atoms with van der Waals surface area (Å²) in [5.41, 5.74) is 2.98. The number of carboxylic acid groups (broad SMARTS) is 1. The van der Waals surface area contributed by atoms with Crippen molar-refractivity contribution in [2.45, 2.75) is 32.1 Å². The topological polar surface area (TPSA) is 73.4 Å². The molecule has 1 saturated carbocycles. The van der Waals surface area contributed by atoms with E-state index in [0.29, 0.717) is 25.9 Å². The van der Waals surface area contributed by atoms with Gasteiger partial charge in [0.2, 0.25) is 5.91 Å². The molecule has 1 amide bonds. The van der Waals surface area contributed by atoms with Crippen LogP contribution in [0, 0.1) is 17.7 Å². The molecule has 1 aromatic heterocycles. The van der Waals surface area contributed by atoms with E-state index in [1.807, 2.05) is 11.1 Å². The predicted octanol–water partition coefficient (Wildman–Crippen LogP) is 3.81. The van der Waals surface area contributed by atoms with Crippen molar-refractivity contribution in [3.05, 3.63) is 41.9 Å². The number of H-pyrrole nitrogens is 1. The second-order valence-corrected chi connectivity index (χ2v) is 7.55. The van der Waals surface area contributed by atoms with Crippen LogP contribution in [-0.4, -0.2) is 40.0 Å². The molecule has 4 rings (SSSR count). The van der Waals surface area contributed by atoms with Crippen molar-refractivity contribution in [1.29, 1.82) is 0 Å². The molecule has 2 N–H and O–H groups in total. The zero-order chi connectivity index (χ0) is 19.0. The average Bonchev–Trinajstić information content (AvgIpc) is 3.10. The maximum atomic E-state index is 13.4. The van der Waals surface area contributed by atoms with Crippen LogP contribution in [0.4, 0.5) is 4.39 Å². The van der Waals surface area contributed by atoms with Gasteiger partial charge in [-0.25, -0.2) is 4.39 Å². The molecule has 0 spiro atoms. The first-order valence-electron chi connectivity index (χ1n) is 9.50. The predicted molar refractivity (Wildman–Crippen MR) is 101 cm³/mol. The number of amides is 1. The summed E-state index contributed by atoms with van der Waals surface area (Å²) < 4.78 is 13.4. The molecule has 5 nitrogen and oxygen atoms in total. The molecule has 6 heteroatoms. The fraction of sp³-hybridized carbons (Fsp3) is 0.429. The monoisotopic (exact) mass is 370 g/mol. The number of nitrogens with zero attached hydrogens (tertiary/aromatic N) is 1. The number of hydrogen-bond donors (Lipinski definition) is 2. The summed E-state index contributed by atoms with van der Waals surface area (Å²) in [7, 11) is 0. The molecule has 1 aliphatic carbocycles. The van der Waals surface area contributed by atoms with Crippen LogP contribution in [0.3, 0.4) is 0 Å². The third-order valence-corrected chi connectivity index (χ3v) is 5.88. The van der Waals surface area contributed by atoms with Crippen LogP contribution in [0.2, 0.25) is 0 Å². The fourth-order valence-electron chi connectivity index (χ4n) is 4.37. The van der Waals surface area contributed by atoms with Crippen LogP contribution in [0.25, 0.3) is 16.5 Å².